The number of nitrogens with one attached hydrogen (secondary N) is 2. The van der Waals surface area contributed by atoms with Gasteiger partial charge in [-0.3, -0.25) is 0 Å². The van der Waals surface area contributed by atoms with Crippen LogP contribution in [0.1, 0.15) is 35.8 Å². The monoisotopic (exact) mass is 567 g/mol. The Bertz CT molecular complexity index is 941. The van der Waals surface area contributed by atoms with Crippen LogP contribution in [0.25, 0.3) is 0 Å². The third-order valence-corrected chi connectivity index (χ3v) is 6.43. The molecular weight excluding hydrogens is 533 g/mol. The normalized spacial score (nSPS) is 12.2. The average Bonchev–Trinajstić information content (AvgIpc) is 3.44. The minimum Gasteiger partial charge on any atom is -0.375 e. The molecule has 9 heteroatoms. The van der Waals surface area contributed by atoms with Gasteiger partial charge in [-0.2, -0.15) is 0 Å². The zero-order valence-corrected chi connectivity index (χ0v) is 22.4. The molecular formula is C23H34IN7S. The molecule has 0 saturated heterocycles. The molecule has 1 aromatic carbocycles. The summed E-state index contributed by atoms with van der Waals surface area (Å²) in [5.41, 5.74) is 1.23. The van der Waals surface area contributed by atoms with E-state index >= 15 is 0 Å². The lowest BCUT2D eigenvalue weighted by Crippen LogP contribution is -2.40. The molecule has 3 aromatic rings. The minimum absolute atomic E-state index is 0. The number of anilines is 1. The van der Waals surface area contributed by atoms with E-state index in [1.165, 1.54) is 10.6 Å². The van der Waals surface area contributed by atoms with Crippen molar-refractivity contribution < 1.29 is 0 Å². The Kier molecular flexibility index (Phi) is 10.9. The van der Waals surface area contributed by atoms with Crippen molar-refractivity contribution in [1.82, 2.24) is 25.4 Å². The number of rotatable bonds is 10. The standard InChI is InChI=1S/C23H33N7S.HI/c1-18(21-12-8-15-31-21)16-25-23(26-17-22-28-27-19(2)30(22)4)24-13-9-14-29(3)20-10-6-5-7-11-20;/h5-8,10-12,15,18H,9,13-14,16-17H2,1-4H3,(H2,24,25,26);1H. The minimum atomic E-state index is 0. The fourth-order valence-corrected chi connectivity index (χ4v) is 3.96. The van der Waals surface area contributed by atoms with Gasteiger partial charge < -0.3 is 20.1 Å². The van der Waals surface area contributed by atoms with Gasteiger partial charge in [0.05, 0.1) is 0 Å². The largest absolute Gasteiger partial charge is 0.375 e. The number of halogens is 1. The molecule has 1 atom stereocenters. The molecule has 7 nitrogen and oxygen atoms in total. The molecule has 0 aliphatic heterocycles. The van der Waals surface area contributed by atoms with Gasteiger partial charge in [-0.1, -0.05) is 31.2 Å². The number of aryl methyl sites for hydroxylation is 1. The zero-order valence-electron chi connectivity index (χ0n) is 19.3. The van der Waals surface area contributed by atoms with Crippen LogP contribution in [0, 0.1) is 6.92 Å². The number of nitrogens with zero attached hydrogens (tertiary/aromatic N) is 5. The molecule has 0 radical (unpaired) electrons. The van der Waals surface area contributed by atoms with E-state index in [1.807, 2.05) is 24.6 Å². The number of aromatic nitrogens is 3. The van der Waals surface area contributed by atoms with Crippen LogP contribution in [0.2, 0.25) is 0 Å². The molecule has 2 heterocycles. The van der Waals surface area contributed by atoms with E-state index < -0.39 is 0 Å². The van der Waals surface area contributed by atoms with Crippen LogP contribution in [-0.2, 0) is 13.6 Å². The summed E-state index contributed by atoms with van der Waals surface area (Å²) < 4.78 is 1.98. The van der Waals surface area contributed by atoms with Gasteiger partial charge in [0.25, 0.3) is 0 Å². The highest BCUT2D eigenvalue weighted by Gasteiger charge is 2.09. The molecule has 0 aliphatic carbocycles. The molecule has 0 amide bonds. The summed E-state index contributed by atoms with van der Waals surface area (Å²) in [6.45, 7) is 7.31. The van der Waals surface area contributed by atoms with Gasteiger partial charge in [-0.05, 0) is 36.9 Å². The SMILES string of the molecule is Cc1nnc(CN=C(NCCCN(C)c2ccccc2)NCC(C)c2cccs2)n1C.I. The number of hydrogen-bond acceptors (Lipinski definition) is 5. The van der Waals surface area contributed by atoms with Crippen LogP contribution in [-0.4, -0.2) is 47.4 Å². The van der Waals surface area contributed by atoms with Crippen molar-refractivity contribution in [2.75, 3.05) is 31.6 Å². The second-order valence-corrected chi connectivity index (χ2v) is 8.70. The molecule has 0 bridgehead atoms. The third-order valence-electron chi connectivity index (χ3n) is 5.33. The Morgan fingerprint density at radius 3 is 2.59 bits per heavy atom. The first-order valence-corrected chi connectivity index (χ1v) is 11.6. The van der Waals surface area contributed by atoms with Crippen LogP contribution in [0.5, 0.6) is 0 Å². The van der Waals surface area contributed by atoms with Gasteiger partial charge >= 0.3 is 0 Å². The number of para-hydroxylation sites is 1. The maximum absolute atomic E-state index is 4.76. The molecule has 0 saturated carbocycles. The predicted octanol–water partition coefficient (Wildman–Crippen LogP) is 4.17. The van der Waals surface area contributed by atoms with Crippen molar-refractivity contribution in [2.45, 2.75) is 32.7 Å². The Labute approximate surface area is 212 Å². The van der Waals surface area contributed by atoms with Crippen LogP contribution < -0.4 is 15.5 Å². The van der Waals surface area contributed by atoms with Crippen LogP contribution in [0.3, 0.4) is 0 Å². The molecule has 2 N–H and O–H groups in total. The van der Waals surface area contributed by atoms with E-state index in [1.54, 1.807) is 11.3 Å². The van der Waals surface area contributed by atoms with Crippen molar-refractivity contribution in [3.05, 3.63) is 64.4 Å². The van der Waals surface area contributed by atoms with Gasteiger partial charge in [0.1, 0.15) is 12.4 Å². The van der Waals surface area contributed by atoms with Crippen LogP contribution >= 0.6 is 35.3 Å². The van der Waals surface area contributed by atoms with Crippen LogP contribution in [0.4, 0.5) is 5.69 Å². The summed E-state index contributed by atoms with van der Waals surface area (Å²) in [6, 6.07) is 14.7. The number of hydrogen-bond donors (Lipinski definition) is 2. The van der Waals surface area contributed by atoms with E-state index in [4.69, 9.17) is 4.99 Å². The van der Waals surface area contributed by atoms with Crippen molar-refractivity contribution >= 4 is 47.0 Å². The highest BCUT2D eigenvalue weighted by Crippen LogP contribution is 2.19. The lowest BCUT2D eigenvalue weighted by Gasteiger charge is -2.20. The topological polar surface area (TPSA) is 70.4 Å². The fraction of sp³-hybridized carbons (Fsp3) is 0.435. The molecule has 2 aromatic heterocycles. The quantitative estimate of drug-likeness (QED) is 0.167. The summed E-state index contributed by atoms with van der Waals surface area (Å²) in [4.78, 5) is 8.40. The van der Waals surface area contributed by atoms with E-state index in [2.05, 4.69) is 81.5 Å². The van der Waals surface area contributed by atoms with Gasteiger partial charge in [0.15, 0.2) is 11.8 Å². The Hall–Kier alpha value is -2.14. The molecule has 0 aliphatic rings. The summed E-state index contributed by atoms with van der Waals surface area (Å²) in [6.07, 6.45) is 1.01. The number of guanidine groups is 1. The van der Waals surface area contributed by atoms with Gasteiger partial charge in [0, 0.05) is 50.2 Å². The number of benzene rings is 1. The highest BCUT2D eigenvalue weighted by molar-refractivity contribution is 14.0. The lowest BCUT2D eigenvalue weighted by molar-refractivity contribution is 0.684. The zero-order chi connectivity index (χ0) is 22.1. The third kappa shape index (κ3) is 7.77. The smallest absolute Gasteiger partial charge is 0.191 e. The molecule has 0 fully saturated rings. The molecule has 3 rings (SSSR count). The van der Waals surface area contributed by atoms with Crippen molar-refractivity contribution in [1.29, 1.82) is 0 Å². The van der Waals surface area contributed by atoms with E-state index in [9.17, 15) is 0 Å². The highest BCUT2D eigenvalue weighted by atomic mass is 127. The van der Waals surface area contributed by atoms with Gasteiger partial charge in [0.2, 0.25) is 0 Å². The average molecular weight is 568 g/mol. The van der Waals surface area contributed by atoms with E-state index in [0.29, 0.717) is 12.5 Å². The molecule has 1 unspecified atom stereocenters. The van der Waals surface area contributed by atoms with Crippen molar-refractivity contribution in [3.8, 4) is 0 Å². The maximum atomic E-state index is 4.76. The fourth-order valence-electron chi connectivity index (χ4n) is 3.17. The Balaban J connectivity index is 0.00000363. The first-order chi connectivity index (χ1) is 15.0. The van der Waals surface area contributed by atoms with E-state index in [-0.39, 0.29) is 24.0 Å². The summed E-state index contributed by atoms with van der Waals surface area (Å²) >= 11 is 1.79. The second kappa shape index (κ2) is 13.4. The summed E-state index contributed by atoms with van der Waals surface area (Å²) in [5, 5.41) is 17.5. The van der Waals surface area contributed by atoms with Crippen molar-refractivity contribution in [2.24, 2.45) is 12.0 Å². The lowest BCUT2D eigenvalue weighted by atomic mass is 10.1. The Morgan fingerprint density at radius 1 is 1.16 bits per heavy atom. The van der Waals surface area contributed by atoms with Crippen molar-refractivity contribution in [3.63, 3.8) is 0 Å². The molecule has 174 valence electrons. The molecule has 32 heavy (non-hydrogen) atoms. The first kappa shape index (κ1) is 26.1. The van der Waals surface area contributed by atoms with Gasteiger partial charge in [-0.15, -0.1) is 45.5 Å². The number of aliphatic imine (C=N–C) groups is 1. The summed E-state index contributed by atoms with van der Waals surface area (Å²) in [7, 11) is 4.10. The first-order valence-electron chi connectivity index (χ1n) is 10.7. The Morgan fingerprint density at radius 2 is 1.94 bits per heavy atom. The second-order valence-electron chi connectivity index (χ2n) is 7.72. The molecule has 0 spiro atoms. The van der Waals surface area contributed by atoms with Gasteiger partial charge in [-0.25, -0.2) is 4.99 Å². The van der Waals surface area contributed by atoms with E-state index in [0.717, 1.165) is 43.7 Å². The predicted molar refractivity (Wildman–Crippen MR) is 145 cm³/mol. The summed E-state index contributed by atoms with van der Waals surface area (Å²) in [5.74, 6) is 2.98. The van der Waals surface area contributed by atoms with Crippen LogP contribution in [0.15, 0.2) is 52.8 Å². The number of thiophene rings is 1. The maximum Gasteiger partial charge on any atom is 0.191 e.